The van der Waals surface area contributed by atoms with Crippen molar-refractivity contribution in [1.29, 1.82) is 0 Å². The van der Waals surface area contributed by atoms with Gasteiger partial charge in [0.15, 0.2) is 0 Å². The zero-order valence-electron chi connectivity index (χ0n) is 10.6. The van der Waals surface area contributed by atoms with Crippen LogP contribution in [0.5, 0.6) is 0 Å². The molecule has 1 saturated heterocycles. The molecule has 6 heteroatoms. The van der Waals surface area contributed by atoms with Crippen molar-refractivity contribution in [1.82, 2.24) is 5.32 Å². The van der Waals surface area contributed by atoms with Gasteiger partial charge in [-0.15, -0.1) is 0 Å². The van der Waals surface area contributed by atoms with E-state index in [1.165, 1.54) is 0 Å². The molecule has 1 aliphatic heterocycles. The third kappa shape index (κ3) is 3.26. The summed E-state index contributed by atoms with van der Waals surface area (Å²) in [6.45, 7) is 2.48. The van der Waals surface area contributed by atoms with Crippen LogP contribution >= 0.6 is 15.9 Å². The molecule has 4 N–H and O–H groups in total. The minimum absolute atomic E-state index is 0.166. The molecule has 2 unspecified atom stereocenters. The minimum Gasteiger partial charge on any atom is -0.399 e. The van der Waals surface area contributed by atoms with Crippen molar-refractivity contribution in [3.63, 3.8) is 0 Å². The van der Waals surface area contributed by atoms with Crippen LogP contribution in [0.2, 0.25) is 0 Å². The second-order valence-electron chi connectivity index (χ2n) is 4.82. The summed E-state index contributed by atoms with van der Waals surface area (Å²) in [4.78, 5) is 12.0. The second-order valence-corrected chi connectivity index (χ2v) is 5.74. The molecule has 1 aliphatic rings. The van der Waals surface area contributed by atoms with E-state index in [0.29, 0.717) is 24.3 Å². The highest BCUT2D eigenvalue weighted by molar-refractivity contribution is 9.10. The summed E-state index contributed by atoms with van der Waals surface area (Å²) in [6, 6.07) is 5.00. The number of benzene rings is 1. The van der Waals surface area contributed by atoms with Crippen molar-refractivity contribution in [3.8, 4) is 0 Å². The van der Waals surface area contributed by atoms with Gasteiger partial charge in [-0.25, -0.2) is 0 Å². The number of nitrogen functional groups attached to an aromatic ring is 1. The van der Waals surface area contributed by atoms with Crippen LogP contribution < -0.4 is 11.1 Å². The van der Waals surface area contributed by atoms with Crippen molar-refractivity contribution < 1.29 is 14.6 Å². The van der Waals surface area contributed by atoms with Gasteiger partial charge >= 0.3 is 0 Å². The van der Waals surface area contributed by atoms with Gasteiger partial charge in [-0.05, 0) is 25.1 Å². The Balaban J connectivity index is 2.01. The molecule has 0 saturated carbocycles. The number of nitrogens with two attached hydrogens (primary N) is 1. The molecule has 2 atom stereocenters. The molecule has 0 spiro atoms. The van der Waals surface area contributed by atoms with E-state index in [1.54, 1.807) is 25.1 Å². The number of hydrogen-bond donors (Lipinski definition) is 3. The van der Waals surface area contributed by atoms with Crippen LogP contribution in [0.15, 0.2) is 22.7 Å². The summed E-state index contributed by atoms with van der Waals surface area (Å²) in [7, 11) is 0. The molecule has 19 heavy (non-hydrogen) atoms. The number of nitrogens with one attached hydrogen (secondary N) is 1. The van der Waals surface area contributed by atoms with Gasteiger partial charge in [0, 0.05) is 35.3 Å². The quantitative estimate of drug-likeness (QED) is 0.730. The summed E-state index contributed by atoms with van der Waals surface area (Å²) in [5.41, 5.74) is 5.66. The average Bonchev–Trinajstić information content (AvgIpc) is 2.66. The Hall–Kier alpha value is -1.11. The lowest BCUT2D eigenvalue weighted by atomic mass is 9.96. The maximum absolute atomic E-state index is 12.0. The monoisotopic (exact) mass is 328 g/mol. The van der Waals surface area contributed by atoms with E-state index in [0.717, 1.165) is 4.47 Å². The first-order chi connectivity index (χ1) is 8.90. The minimum atomic E-state index is -0.993. The molecular formula is C13H17BrN2O3. The highest BCUT2D eigenvalue weighted by atomic mass is 79.9. The highest BCUT2D eigenvalue weighted by Gasteiger charge is 2.39. The molecule has 1 fully saturated rings. The lowest BCUT2D eigenvalue weighted by Crippen LogP contribution is -2.47. The first-order valence-corrected chi connectivity index (χ1v) is 6.88. The van der Waals surface area contributed by atoms with E-state index < -0.39 is 5.60 Å². The molecule has 0 radical (unpaired) electrons. The first kappa shape index (κ1) is 14.3. The molecule has 1 heterocycles. The molecule has 2 rings (SSSR count). The molecule has 1 amide bonds. The fourth-order valence-electron chi connectivity index (χ4n) is 2.08. The van der Waals surface area contributed by atoms with Crippen LogP contribution in [-0.4, -0.2) is 35.9 Å². The Bertz CT molecular complexity index is 475. The standard InChI is InChI=1S/C13H17BrN2O3/c1-8-13(18,2-3-19-8)7-16-12(17)9-4-10(14)6-11(15)5-9/h4-6,8,18H,2-3,7,15H2,1H3,(H,16,17). The van der Waals surface area contributed by atoms with E-state index in [4.69, 9.17) is 10.5 Å². The Morgan fingerprint density at radius 1 is 1.63 bits per heavy atom. The van der Waals surface area contributed by atoms with Crippen LogP contribution in [-0.2, 0) is 4.74 Å². The maximum Gasteiger partial charge on any atom is 0.251 e. The summed E-state index contributed by atoms with van der Waals surface area (Å²) in [6.07, 6.45) is 0.245. The largest absolute Gasteiger partial charge is 0.399 e. The van der Waals surface area contributed by atoms with Gasteiger partial charge < -0.3 is 20.9 Å². The van der Waals surface area contributed by atoms with Crippen molar-refractivity contribution in [2.24, 2.45) is 0 Å². The molecule has 1 aromatic rings. The van der Waals surface area contributed by atoms with E-state index in [-0.39, 0.29) is 18.6 Å². The maximum atomic E-state index is 12.0. The summed E-state index contributed by atoms with van der Waals surface area (Å²) >= 11 is 3.29. The molecule has 0 aliphatic carbocycles. The Morgan fingerprint density at radius 3 is 2.95 bits per heavy atom. The molecular weight excluding hydrogens is 312 g/mol. The van der Waals surface area contributed by atoms with Gasteiger partial charge in [0.25, 0.3) is 5.91 Å². The molecule has 0 bridgehead atoms. The van der Waals surface area contributed by atoms with Crippen molar-refractivity contribution in [2.75, 3.05) is 18.9 Å². The average molecular weight is 329 g/mol. The fourth-order valence-corrected chi connectivity index (χ4v) is 2.59. The van der Waals surface area contributed by atoms with Crippen LogP contribution in [0, 0.1) is 0 Å². The number of carbonyl (C=O) groups excluding carboxylic acids is 1. The number of anilines is 1. The van der Waals surface area contributed by atoms with Gasteiger partial charge in [-0.1, -0.05) is 15.9 Å². The SMILES string of the molecule is CC1OCCC1(O)CNC(=O)c1cc(N)cc(Br)c1. The van der Waals surface area contributed by atoms with Crippen molar-refractivity contribution >= 4 is 27.5 Å². The number of halogens is 1. The summed E-state index contributed by atoms with van der Waals surface area (Å²) in [5.74, 6) is -0.263. The van der Waals surface area contributed by atoms with Gasteiger partial charge in [0.05, 0.1) is 6.10 Å². The van der Waals surface area contributed by atoms with Gasteiger partial charge in [0.1, 0.15) is 5.60 Å². The molecule has 0 aromatic heterocycles. The normalized spacial score (nSPS) is 26.4. The molecule has 5 nitrogen and oxygen atoms in total. The lowest BCUT2D eigenvalue weighted by Gasteiger charge is -2.26. The van der Waals surface area contributed by atoms with E-state index in [1.807, 2.05) is 0 Å². The van der Waals surface area contributed by atoms with Gasteiger partial charge in [-0.3, -0.25) is 4.79 Å². The predicted molar refractivity (Wildman–Crippen MR) is 75.9 cm³/mol. The lowest BCUT2D eigenvalue weighted by molar-refractivity contribution is -0.0251. The van der Waals surface area contributed by atoms with Crippen LogP contribution in [0.25, 0.3) is 0 Å². The first-order valence-electron chi connectivity index (χ1n) is 6.09. The number of carbonyl (C=O) groups is 1. The Morgan fingerprint density at radius 2 is 2.37 bits per heavy atom. The number of ether oxygens (including phenoxy) is 1. The van der Waals surface area contributed by atoms with E-state index >= 15 is 0 Å². The number of rotatable bonds is 3. The zero-order valence-corrected chi connectivity index (χ0v) is 12.2. The summed E-state index contributed by atoms with van der Waals surface area (Å²) < 4.78 is 6.06. The van der Waals surface area contributed by atoms with Crippen LogP contribution in [0.4, 0.5) is 5.69 Å². The topological polar surface area (TPSA) is 84.6 Å². The fraction of sp³-hybridized carbons (Fsp3) is 0.462. The Kier molecular flexibility index (Phi) is 4.13. The van der Waals surface area contributed by atoms with Crippen molar-refractivity contribution in [2.45, 2.75) is 25.0 Å². The highest BCUT2D eigenvalue weighted by Crippen LogP contribution is 2.25. The third-order valence-electron chi connectivity index (χ3n) is 3.40. The van der Waals surface area contributed by atoms with Crippen LogP contribution in [0.1, 0.15) is 23.7 Å². The third-order valence-corrected chi connectivity index (χ3v) is 3.85. The number of amides is 1. The van der Waals surface area contributed by atoms with E-state index in [2.05, 4.69) is 21.2 Å². The molecule has 1 aromatic carbocycles. The predicted octanol–water partition coefficient (Wildman–Crippen LogP) is 1.30. The smallest absolute Gasteiger partial charge is 0.251 e. The van der Waals surface area contributed by atoms with E-state index in [9.17, 15) is 9.90 Å². The molecule has 104 valence electrons. The Labute approximate surface area is 120 Å². The van der Waals surface area contributed by atoms with Gasteiger partial charge in [-0.2, -0.15) is 0 Å². The van der Waals surface area contributed by atoms with Gasteiger partial charge in [0.2, 0.25) is 0 Å². The second kappa shape index (κ2) is 5.48. The van der Waals surface area contributed by atoms with Crippen molar-refractivity contribution in [3.05, 3.63) is 28.2 Å². The van der Waals surface area contributed by atoms with Crippen LogP contribution in [0.3, 0.4) is 0 Å². The number of hydrogen-bond acceptors (Lipinski definition) is 4. The summed E-state index contributed by atoms with van der Waals surface area (Å²) in [5, 5.41) is 13.0. The number of aliphatic hydroxyl groups is 1. The zero-order chi connectivity index (χ0) is 14.0.